The number of nitrogens with one attached hydrogen (secondary N) is 1. The van der Waals surface area contributed by atoms with Crippen molar-refractivity contribution in [3.63, 3.8) is 0 Å². The standard InChI is InChI=1S/C15H19ClN2O/c1-10-7-11(16)5-6-12(10)13-8-17-14(19-13)9-18-15(2,3)4/h5-8,18H,9H2,1-4H3. The van der Waals surface area contributed by atoms with Crippen LogP contribution < -0.4 is 5.32 Å². The number of aryl methyl sites for hydroxylation is 1. The number of hydrogen-bond acceptors (Lipinski definition) is 3. The van der Waals surface area contributed by atoms with Gasteiger partial charge in [0.05, 0.1) is 12.7 Å². The Morgan fingerprint density at radius 3 is 2.68 bits per heavy atom. The molecule has 2 aromatic rings. The largest absolute Gasteiger partial charge is 0.439 e. The molecule has 2 rings (SSSR count). The first-order valence-corrected chi connectivity index (χ1v) is 6.69. The van der Waals surface area contributed by atoms with Gasteiger partial charge in [-0.05, 0) is 51.5 Å². The lowest BCUT2D eigenvalue weighted by molar-refractivity contribution is 0.383. The molecule has 1 aromatic heterocycles. The van der Waals surface area contributed by atoms with E-state index in [1.807, 2.05) is 25.1 Å². The van der Waals surface area contributed by atoms with Gasteiger partial charge >= 0.3 is 0 Å². The Morgan fingerprint density at radius 1 is 1.32 bits per heavy atom. The summed E-state index contributed by atoms with van der Waals surface area (Å²) in [7, 11) is 0. The van der Waals surface area contributed by atoms with Gasteiger partial charge in [-0.15, -0.1) is 0 Å². The van der Waals surface area contributed by atoms with Gasteiger partial charge in [-0.3, -0.25) is 0 Å². The zero-order valence-corrected chi connectivity index (χ0v) is 12.5. The van der Waals surface area contributed by atoms with Crippen molar-refractivity contribution < 1.29 is 4.42 Å². The summed E-state index contributed by atoms with van der Waals surface area (Å²) in [6, 6.07) is 5.74. The Balaban J connectivity index is 2.16. The normalized spacial score (nSPS) is 11.8. The van der Waals surface area contributed by atoms with Crippen molar-refractivity contribution in [3.8, 4) is 11.3 Å². The molecule has 0 saturated heterocycles. The summed E-state index contributed by atoms with van der Waals surface area (Å²) < 4.78 is 5.77. The van der Waals surface area contributed by atoms with Gasteiger partial charge in [0.15, 0.2) is 5.76 Å². The fourth-order valence-electron chi connectivity index (χ4n) is 1.76. The van der Waals surface area contributed by atoms with E-state index in [2.05, 4.69) is 31.1 Å². The molecule has 0 aliphatic heterocycles. The molecule has 0 aliphatic rings. The minimum absolute atomic E-state index is 0.0465. The quantitative estimate of drug-likeness (QED) is 0.915. The molecule has 4 heteroatoms. The van der Waals surface area contributed by atoms with Gasteiger partial charge < -0.3 is 9.73 Å². The van der Waals surface area contributed by atoms with Crippen molar-refractivity contribution in [1.82, 2.24) is 10.3 Å². The van der Waals surface area contributed by atoms with E-state index in [1.54, 1.807) is 6.20 Å². The van der Waals surface area contributed by atoms with Crippen LogP contribution in [0.3, 0.4) is 0 Å². The maximum Gasteiger partial charge on any atom is 0.208 e. The van der Waals surface area contributed by atoms with E-state index in [4.69, 9.17) is 16.0 Å². The average molecular weight is 279 g/mol. The average Bonchev–Trinajstić information content (AvgIpc) is 2.74. The molecule has 0 radical (unpaired) electrons. The number of nitrogens with zero attached hydrogens (tertiary/aromatic N) is 1. The van der Waals surface area contributed by atoms with Crippen LogP contribution in [0.5, 0.6) is 0 Å². The van der Waals surface area contributed by atoms with Gasteiger partial charge in [0.1, 0.15) is 0 Å². The maximum atomic E-state index is 5.95. The van der Waals surface area contributed by atoms with Gasteiger partial charge in [-0.25, -0.2) is 4.98 Å². The lowest BCUT2D eigenvalue weighted by atomic mass is 10.1. The van der Waals surface area contributed by atoms with Crippen LogP contribution in [-0.2, 0) is 6.54 Å². The Kier molecular flexibility index (Phi) is 3.97. The van der Waals surface area contributed by atoms with Crippen molar-refractivity contribution in [2.45, 2.75) is 39.8 Å². The Bertz CT molecular complexity index is 570. The zero-order valence-electron chi connectivity index (χ0n) is 11.7. The summed E-state index contributed by atoms with van der Waals surface area (Å²) in [5.41, 5.74) is 2.16. The highest BCUT2D eigenvalue weighted by Crippen LogP contribution is 2.26. The number of aromatic nitrogens is 1. The summed E-state index contributed by atoms with van der Waals surface area (Å²) in [6.07, 6.45) is 1.76. The molecule has 0 bridgehead atoms. The van der Waals surface area contributed by atoms with Crippen LogP contribution in [0.15, 0.2) is 28.8 Å². The van der Waals surface area contributed by atoms with Crippen molar-refractivity contribution in [1.29, 1.82) is 0 Å². The van der Waals surface area contributed by atoms with E-state index in [1.165, 1.54) is 0 Å². The third-order valence-electron chi connectivity index (χ3n) is 2.78. The van der Waals surface area contributed by atoms with Gasteiger partial charge in [0, 0.05) is 16.1 Å². The van der Waals surface area contributed by atoms with E-state index < -0.39 is 0 Å². The zero-order chi connectivity index (χ0) is 14.0. The van der Waals surface area contributed by atoms with Crippen LogP contribution in [0.2, 0.25) is 5.02 Å². The van der Waals surface area contributed by atoms with Crippen molar-refractivity contribution in [3.05, 3.63) is 40.9 Å². The second kappa shape index (κ2) is 5.35. The summed E-state index contributed by atoms with van der Waals surface area (Å²) in [5, 5.41) is 4.08. The predicted molar refractivity (Wildman–Crippen MR) is 78.3 cm³/mol. The number of hydrogen-bond donors (Lipinski definition) is 1. The fraction of sp³-hybridized carbons (Fsp3) is 0.400. The van der Waals surface area contributed by atoms with Gasteiger partial charge in [-0.1, -0.05) is 11.6 Å². The molecule has 102 valence electrons. The second-order valence-corrected chi connectivity index (χ2v) is 6.12. The molecule has 0 unspecified atom stereocenters. The molecule has 0 atom stereocenters. The molecular weight excluding hydrogens is 260 g/mol. The van der Waals surface area contributed by atoms with Crippen molar-refractivity contribution in [2.24, 2.45) is 0 Å². The van der Waals surface area contributed by atoms with E-state index in [0.29, 0.717) is 12.4 Å². The molecule has 0 fully saturated rings. The van der Waals surface area contributed by atoms with E-state index in [0.717, 1.165) is 21.9 Å². The van der Waals surface area contributed by atoms with Crippen molar-refractivity contribution in [2.75, 3.05) is 0 Å². The first-order chi connectivity index (χ1) is 8.85. The molecular formula is C15H19ClN2O. The van der Waals surface area contributed by atoms with Crippen LogP contribution >= 0.6 is 11.6 Å². The molecule has 3 nitrogen and oxygen atoms in total. The van der Waals surface area contributed by atoms with Gasteiger partial charge in [0.25, 0.3) is 0 Å². The molecule has 0 saturated carbocycles. The molecule has 0 spiro atoms. The highest BCUT2D eigenvalue weighted by atomic mass is 35.5. The minimum atomic E-state index is 0.0465. The highest BCUT2D eigenvalue weighted by Gasteiger charge is 2.12. The van der Waals surface area contributed by atoms with E-state index in [-0.39, 0.29) is 5.54 Å². The number of halogens is 1. The summed E-state index contributed by atoms with van der Waals surface area (Å²) in [4.78, 5) is 4.30. The molecule has 1 aromatic carbocycles. The summed E-state index contributed by atoms with van der Waals surface area (Å²) in [5.74, 6) is 1.47. The second-order valence-electron chi connectivity index (χ2n) is 5.68. The maximum absolute atomic E-state index is 5.95. The van der Waals surface area contributed by atoms with E-state index in [9.17, 15) is 0 Å². The first kappa shape index (κ1) is 14.1. The van der Waals surface area contributed by atoms with Crippen LogP contribution in [0.1, 0.15) is 32.2 Å². The Labute approximate surface area is 119 Å². The smallest absolute Gasteiger partial charge is 0.208 e. The third-order valence-corrected chi connectivity index (χ3v) is 3.01. The van der Waals surface area contributed by atoms with Crippen LogP contribution in [0.25, 0.3) is 11.3 Å². The first-order valence-electron chi connectivity index (χ1n) is 6.31. The Hall–Kier alpha value is -1.32. The van der Waals surface area contributed by atoms with Crippen LogP contribution in [0.4, 0.5) is 0 Å². The summed E-state index contributed by atoms with van der Waals surface area (Å²) >= 11 is 5.95. The third kappa shape index (κ3) is 3.82. The molecule has 19 heavy (non-hydrogen) atoms. The lowest BCUT2D eigenvalue weighted by Gasteiger charge is -2.18. The van der Waals surface area contributed by atoms with Crippen LogP contribution in [0, 0.1) is 6.92 Å². The lowest BCUT2D eigenvalue weighted by Crippen LogP contribution is -2.35. The SMILES string of the molecule is Cc1cc(Cl)ccc1-c1cnc(CNC(C)(C)C)o1. The van der Waals surface area contributed by atoms with E-state index >= 15 is 0 Å². The molecule has 0 aliphatic carbocycles. The fourth-order valence-corrected chi connectivity index (χ4v) is 1.99. The summed E-state index contributed by atoms with van der Waals surface area (Å²) in [6.45, 7) is 8.97. The Morgan fingerprint density at radius 2 is 2.05 bits per heavy atom. The van der Waals surface area contributed by atoms with Crippen molar-refractivity contribution >= 4 is 11.6 Å². The number of rotatable bonds is 3. The van der Waals surface area contributed by atoms with Crippen LogP contribution in [-0.4, -0.2) is 10.5 Å². The number of oxazole rings is 1. The minimum Gasteiger partial charge on any atom is -0.439 e. The van der Waals surface area contributed by atoms with Gasteiger partial charge in [-0.2, -0.15) is 0 Å². The number of benzene rings is 1. The predicted octanol–water partition coefficient (Wildman–Crippen LogP) is 4.19. The topological polar surface area (TPSA) is 38.1 Å². The molecule has 1 N–H and O–H groups in total. The molecule has 0 amide bonds. The molecule has 1 heterocycles. The monoisotopic (exact) mass is 278 g/mol. The highest BCUT2D eigenvalue weighted by molar-refractivity contribution is 6.30. The van der Waals surface area contributed by atoms with Gasteiger partial charge in [0.2, 0.25) is 5.89 Å².